The molecule has 0 aliphatic heterocycles. The monoisotopic (exact) mass is 156 g/mol. The molecule has 10 heavy (non-hydrogen) atoms. The second-order valence-corrected chi connectivity index (χ2v) is 2.47. The quantitative estimate of drug-likeness (QED) is 0.622. The molecule has 0 N–H and O–H groups in total. The zero-order valence-electron chi connectivity index (χ0n) is 6.06. The molecule has 0 spiro atoms. The van der Waals surface area contributed by atoms with Crippen LogP contribution in [0, 0.1) is 6.92 Å². The van der Waals surface area contributed by atoms with Crippen molar-refractivity contribution in [3.05, 3.63) is 22.7 Å². The third-order valence-corrected chi connectivity index (χ3v) is 1.54. The third kappa shape index (κ3) is 1.45. The fourth-order valence-corrected chi connectivity index (χ4v) is 0.949. The van der Waals surface area contributed by atoms with Gasteiger partial charge in [-0.3, -0.25) is 4.98 Å². The summed E-state index contributed by atoms with van der Waals surface area (Å²) in [4.78, 5) is 8.15. The van der Waals surface area contributed by atoms with E-state index in [0.717, 1.165) is 17.8 Å². The number of rotatable bonds is 1. The average molecular weight is 157 g/mol. The number of halogens is 1. The lowest BCUT2D eigenvalue weighted by molar-refractivity contribution is 0.958. The maximum Gasteiger partial charge on any atom is 0.147 e. The van der Waals surface area contributed by atoms with Gasteiger partial charge in [0.25, 0.3) is 0 Å². The van der Waals surface area contributed by atoms with E-state index in [1.54, 1.807) is 6.20 Å². The molecule has 1 aromatic rings. The predicted molar refractivity (Wildman–Crippen MR) is 41.2 cm³/mol. The normalized spacial score (nSPS) is 9.90. The molecule has 0 aliphatic carbocycles. The molecule has 0 atom stereocenters. The number of hydrogen-bond donors (Lipinski definition) is 0. The van der Waals surface area contributed by atoms with Gasteiger partial charge in [-0.15, -0.1) is 0 Å². The minimum absolute atomic E-state index is 0.474. The van der Waals surface area contributed by atoms with E-state index in [9.17, 15) is 0 Å². The molecule has 54 valence electrons. The van der Waals surface area contributed by atoms with Crippen LogP contribution in [0.1, 0.15) is 18.3 Å². The predicted octanol–water partition coefficient (Wildman–Crippen LogP) is 2.00. The average Bonchev–Trinajstić information content (AvgIpc) is 1.94. The van der Waals surface area contributed by atoms with Gasteiger partial charge in [-0.1, -0.05) is 18.5 Å². The van der Waals surface area contributed by atoms with E-state index in [-0.39, 0.29) is 0 Å². The summed E-state index contributed by atoms with van der Waals surface area (Å²) in [6.07, 6.45) is 2.45. The number of nitrogens with zero attached hydrogens (tertiary/aromatic N) is 2. The molecule has 3 heteroatoms. The van der Waals surface area contributed by atoms with Crippen LogP contribution in [0.2, 0.25) is 5.15 Å². The van der Waals surface area contributed by atoms with E-state index in [2.05, 4.69) is 9.97 Å². The molecule has 0 saturated carbocycles. The molecule has 0 aromatic carbocycles. The van der Waals surface area contributed by atoms with Crippen molar-refractivity contribution >= 4 is 11.6 Å². The Hall–Kier alpha value is -0.630. The Labute approximate surface area is 65.3 Å². The Kier molecular flexibility index (Phi) is 2.22. The number of aryl methyl sites for hydroxylation is 2. The maximum absolute atomic E-state index is 5.62. The molecule has 1 aromatic heterocycles. The van der Waals surface area contributed by atoms with Crippen molar-refractivity contribution < 1.29 is 0 Å². The lowest BCUT2D eigenvalue weighted by atomic mass is 10.3. The van der Waals surface area contributed by atoms with Gasteiger partial charge in [0, 0.05) is 0 Å². The van der Waals surface area contributed by atoms with E-state index >= 15 is 0 Å². The van der Waals surface area contributed by atoms with Gasteiger partial charge in [0.05, 0.1) is 17.6 Å². The van der Waals surface area contributed by atoms with Crippen LogP contribution in [0.15, 0.2) is 6.20 Å². The zero-order chi connectivity index (χ0) is 7.56. The van der Waals surface area contributed by atoms with Crippen molar-refractivity contribution in [3.8, 4) is 0 Å². The highest BCUT2D eigenvalue weighted by Crippen LogP contribution is 2.06. The van der Waals surface area contributed by atoms with Gasteiger partial charge in [0.15, 0.2) is 0 Å². The van der Waals surface area contributed by atoms with Crippen molar-refractivity contribution in [2.24, 2.45) is 0 Å². The summed E-state index contributed by atoms with van der Waals surface area (Å²) >= 11 is 5.62. The van der Waals surface area contributed by atoms with Gasteiger partial charge in [-0.2, -0.15) is 0 Å². The summed E-state index contributed by atoms with van der Waals surface area (Å²) < 4.78 is 0. The number of aromatic nitrogens is 2. The van der Waals surface area contributed by atoms with Crippen LogP contribution >= 0.6 is 11.6 Å². The van der Waals surface area contributed by atoms with Gasteiger partial charge >= 0.3 is 0 Å². The minimum atomic E-state index is 0.474. The SMILES string of the molecule is CCc1nc(Cl)cnc1C. The Morgan fingerprint density at radius 1 is 1.60 bits per heavy atom. The Bertz CT molecular complexity index is 235. The topological polar surface area (TPSA) is 25.8 Å². The minimum Gasteiger partial charge on any atom is -0.256 e. The lowest BCUT2D eigenvalue weighted by Crippen LogP contribution is -1.94. The van der Waals surface area contributed by atoms with Crippen molar-refractivity contribution in [1.29, 1.82) is 0 Å². The molecule has 1 rings (SSSR count). The van der Waals surface area contributed by atoms with Gasteiger partial charge in [0.2, 0.25) is 0 Å². The first-order valence-electron chi connectivity index (χ1n) is 3.22. The maximum atomic E-state index is 5.62. The Morgan fingerprint density at radius 2 is 2.30 bits per heavy atom. The van der Waals surface area contributed by atoms with Crippen molar-refractivity contribution in [2.45, 2.75) is 20.3 Å². The number of hydrogen-bond acceptors (Lipinski definition) is 2. The summed E-state index contributed by atoms with van der Waals surface area (Å²) in [5.74, 6) is 0. The molecule has 0 radical (unpaired) electrons. The van der Waals surface area contributed by atoms with Crippen LogP contribution in [-0.4, -0.2) is 9.97 Å². The first-order chi connectivity index (χ1) is 4.74. The molecular formula is C7H9ClN2. The summed E-state index contributed by atoms with van der Waals surface area (Å²) in [5.41, 5.74) is 1.94. The third-order valence-electron chi connectivity index (χ3n) is 1.36. The van der Waals surface area contributed by atoms with Crippen LogP contribution < -0.4 is 0 Å². The largest absolute Gasteiger partial charge is 0.256 e. The van der Waals surface area contributed by atoms with Gasteiger partial charge < -0.3 is 0 Å². The van der Waals surface area contributed by atoms with Gasteiger partial charge in [-0.25, -0.2) is 4.98 Å². The molecular weight excluding hydrogens is 148 g/mol. The van der Waals surface area contributed by atoms with Crippen LogP contribution in [0.3, 0.4) is 0 Å². The molecule has 0 amide bonds. The summed E-state index contributed by atoms with van der Waals surface area (Å²) in [6.45, 7) is 3.97. The fraction of sp³-hybridized carbons (Fsp3) is 0.429. The first kappa shape index (κ1) is 7.48. The molecule has 0 aliphatic rings. The second kappa shape index (κ2) is 2.97. The van der Waals surface area contributed by atoms with E-state index in [1.165, 1.54) is 0 Å². The van der Waals surface area contributed by atoms with E-state index in [4.69, 9.17) is 11.6 Å². The van der Waals surface area contributed by atoms with Crippen LogP contribution in [0.25, 0.3) is 0 Å². The Morgan fingerprint density at radius 3 is 2.80 bits per heavy atom. The smallest absolute Gasteiger partial charge is 0.147 e. The van der Waals surface area contributed by atoms with Crippen molar-refractivity contribution in [1.82, 2.24) is 9.97 Å². The molecule has 0 unspecified atom stereocenters. The van der Waals surface area contributed by atoms with Crippen molar-refractivity contribution in [3.63, 3.8) is 0 Å². The highest BCUT2D eigenvalue weighted by molar-refractivity contribution is 6.29. The summed E-state index contributed by atoms with van der Waals surface area (Å²) in [5, 5.41) is 0.474. The fourth-order valence-electron chi connectivity index (χ4n) is 0.798. The zero-order valence-corrected chi connectivity index (χ0v) is 6.81. The van der Waals surface area contributed by atoms with Crippen LogP contribution in [-0.2, 0) is 6.42 Å². The molecule has 0 saturated heterocycles. The molecule has 0 fully saturated rings. The van der Waals surface area contributed by atoms with E-state index in [0.29, 0.717) is 5.15 Å². The first-order valence-corrected chi connectivity index (χ1v) is 3.60. The van der Waals surface area contributed by atoms with E-state index in [1.807, 2.05) is 13.8 Å². The molecule has 0 bridgehead atoms. The Balaban J connectivity index is 3.09. The summed E-state index contributed by atoms with van der Waals surface area (Å²) in [6, 6.07) is 0. The lowest BCUT2D eigenvalue weighted by Gasteiger charge is -1.98. The highest BCUT2D eigenvalue weighted by atomic mass is 35.5. The van der Waals surface area contributed by atoms with Crippen molar-refractivity contribution in [2.75, 3.05) is 0 Å². The van der Waals surface area contributed by atoms with Crippen LogP contribution in [0.4, 0.5) is 0 Å². The van der Waals surface area contributed by atoms with Gasteiger partial charge in [0.1, 0.15) is 5.15 Å². The standard InChI is InChI=1S/C7H9ClN2/c1-3-6-5(2)9-4-7(8)10-6/h4H,3H2,1-2H3. The summed E-state index contributed by atoms with van der Waals surface area (Å²) in [7, 11) is 0. The second-order valence-electron chi connectivity index (χ2n) is 2.08. The highest BCUT2D eigenvalue weighted by Gasteiger charge is 1.98. The van der Waals surface area contributed by atoms with E-state index < -0.39 is 0 Å². The van der Waals surface area contributed by atoms with Gasteiger partial charge in [-0.05, 0) is 13.3 Å². The van der Waals surface area contributed by atoms with Crippen LogP contribution in [0.5, 0.6) is 0 Å². The molecule has 1 heterocycles. The molecule has 2 nitrogen and oxygen atoms in total.